The van der Waals surface area contributed by atoms with Crippen LogP contribution in [-0.4, -0.2) is 49.3 Å². The zero-order valence-corrected chi connectivity index (χ0v) is 10.5. The quantitative estimate of drug-likeness (QED) is 0.696. The minimum absolute atomic E-state index is 0.258. The molecule has 86 valence electrons. The Bertz CT molecular complexity index is 154. The first-order valence-electron chi connectivity index (χ1n) is 5.32. The van der Waals surface area contributed by atoms with E-state index in [-0.39, 0.29) is 11.5 Å². The Morgan fingerprint density at radius 2 is 1.86 bits per heavy atom. The smallest absolute Gasteiger partial charge is 0.0791 e. The molecular formula is C11H26N2O. The molecular weight excluding hydrogens is 176 g/mol. The number of hydrogen-bond acceptors (Lipinski definition) is 3. The zero-order valence-electron chi connectivity index (χ0n) is 10.5. The molecule has 2 unspecified atom stereocenters. The summed E-state index contributed by atoms with van der Waals surface area (Å²) in [6.07, 6.45) is -0.283. The van der Waals surface area contributed by atoms with Crippen LogP contribution in [0.3, 0.4) is 0 Å². The maximum absolute atomic E-state index is 9.63. The molecule has 0 rings (SSSR count). The fraction of sp³-hybridized carbons (Fsp3) is 1.00. The largest absolute Gasteiger partial charge is 0.390 e. The summed E-state index contributed by atoms with van der Waals surface area (Å²) in [7, 11) is 3.92. The van der Waals surface area contributed by atoms with Gasteiger partial charge in [0.2, 0.25) is 0 Å². The molecule has 0 aromatic carbocycles. The Morgan fingerprint density at radius 1 is 1.36 bits per heavy atom. The predicted molar refractivity (Wildman–Crippen MR) is 61.5 cm³/mol. The Hall–Kier alpha value is -0.120. The van der Waals surface area contributed by atoms with Crippen molar-refractivity contribution in [2.24, 2.45) is 5.41 Å². The predicted octanol–water partition coefficient (Wildman–Crippen LogP) is 0.933. The average molecular weight is 202 g/mol. The van der Waals surface area contributed by atoms with Crippen LogP contribution in [0.1, 0.15) is 27.7 Å². The first-order chi connectivity index (χ1) is 6.29. The first-order valence-corrected chi connectivity index (χ1v) is 5.32. The lowest BCUT2D eigenvalue weighted by Crippen LogP contribution is -2.44. The standard InChI is InChI=1S/C11H26N2O/c1-9(11(2,3)4)13(6)8-10(14)7-12-5/h9-10,12,14H,7-8H2,1-6H3. The molecule has 0 amide bonds. The van der Waals surface area contributed by atoms with Gasteiger partial charge in [0.05, 0.1) is 6.10 Å². The van der Waals surface area contributed by atoms with Crippen LogP contribution in [0.15, 0.2) is 0 Å². The maximum atomic E-state index is 9.63. The van der Waals surface area contributed by atoms with Gasteiger partial charge >= 0.3 is 0 Å². The maximum Gasteiger partial charge on any atom is 0.0791 e. The number of rotatable bonds is 5. The molecule has 0 fully saturated rings. The third-order valence-electron chi connectivity index (χ3n) is 2.85. The molecule has 0 saturated carbocycles. The number of aliphatic hydroxyl groups is 1. The van der Waals surface area contributed by atoms with Crippen LogP contribution >= 0.6 is 0 Å². The van der Waals surface area contributed by atoms with E-state index in [1.54, 1.807) is 0 Å². The van der Waals surface area contributed by atoms with E-state index in [1.165, 1.54) is 0 Å². The molecule has 0 aromatic rings. The molecule has 0 heterocycles. The highest BCUT2D eigenvalue weighted by molar-refractivity contribution is 4.79. The molecule has 0 aliphatic rings. The number of aliphatic hydroxyl groups excluding tert-OH is 1. The highest BCUT2D eigenvalue weighted by Gasteiger charge is 2.24. The highest BCUT2D eigenvalue weighted by atomic mass is 16.3. The topological polar surface area (TPSA) is 35.5 Å². The minimum atomic E-state index is -0.283. The van der Waals surface area contributed by atoms with Crippen LogP contribution < -0.4 is 5.32 Å². The first kappa shape index (κ1) is 13.9. The Labute approximate surface area is 88.5 Å². The van der Waals surface area contributed by atoms with Gasteiger partial charge in [-0.25, -0.2) is 0 Å². The molecule has 3 nitrogen and oxygen atoms in total. The van der Waals surface area contributed by atoms with Crippen molar-refractivity contribution >= 4 is 0 Å². The summed E-state index contributed by atoms with van der Waals surface area (Å²) >= 11 is 0. The summed E-state index contributed by atoms with van der Waals surface area (Å²) in [5.41, 5.74) is 0.258. The Balaban J connectivity index is 4.01. The lowest BCUT2D eigenvalue weighted by atomic mass is 9.87. The van der Waals surface area contributed by atoms with Crippen LogP contribution in [0.5, 0.6) is 0 Å². The molecule has 0 saturated heterocycles. The third-order valence-corrected chi connectivity index (χ3v) is 2.85. The summed E-state index contributed by atoms with van der Waals surface area (Å²) in [4.78, 5) is 2.21. The summed E-state index contributed by atoms with van der Waals surface area (Å²) in [6, 6.07) is 0.467. The van der Waals surface area contributed by atoms with Crippen molar-refractivity contribution in [3.63, 3.8) is 0 Å². The summed E-state index contributed by atoms with van der Waals surface area (Å²) in [6.45, 7) is 10.2. The fourth-order valence-corrected chi connectivity index (χ4v) is 1.45. The van der Waals surface area contributed by atoms with E-state index in [0.717, 1.165) is 6.54 Å². The van der Waals surface area contributed by atoms with Crippen molar-refractivity contribution < 1.29 is 5.11 Å². The minimum Gasteiger partial charge on any atom is -0.390 e. The van der Waals surface area contributed by atoms with Crippen LogP contribution in [0, 0.1) is 5.41 Å². The molecule has 0 aliphatic carbocycles. The highest BCUT2D eigenvalue weighted by Crippen LogP contribution is 2.22. The number of nitrogens with zero attached hydrogens (tertiary/aromatic N) is 1. The van der Waals surface area contributed by atoms with Crippen LogP contribution in [-0.2, 0) is 0 Å². The average Bonchev–Trinajstić information content (AvgIpc) is 2.01. The zero-order chi connectivity index (χ0) is 11.4. The van der Waals surface area contributed by atoms with Gasteiger partial charge in [0.15, 0.2) is 0 Å². The fourth-order valence-electron chi connectivity index (χ4n) is 1.45. The molecule has 3 heteroatoms. The second kappa shape index (κ2) is 5.69. The van der Waals surface area contributed by atoms with Gasteiger partial charge in [0.1, 0.15) is 0 Å². The van der Waals surface area contributed by atoms with Gasteiger partial charge in [-0.2, -0.15) is 0 Å². The number of nitrogens with one attached hydrogen (secondary N) is 1. The van der Waals surface area contributed by atoms with Crippen LogP contribution in [0.25, 0.3) is 0 Å². The van der Waals surface area contributed by atoms with Crippen molar-refractivity contribution in [2.75, 3.05) is 27.2 Å². The normalized spacial score (nSPS) is 17.1. The molecule has 0 bridgehead atoms. The third kappa shape index (κ3) is 4.94. The van der Waals surface area contributed by atoms with Gasteiger partial charge in [-0.3, -0.25) is 0 Å². The monoisotopic (exact) mass is 202 g/mol. The van der Waals surface area contributed by atoms with Crippen molar-refractivity contribution in [3.05, 3.63) is 0 Å². The summed E-state index contributed by atoms with van der Waals surface area (Å²) in [5.74, 6) is 0. The van der Waals surface area contributed by atoms with E-state index in [0.29, 0.717) is 12.6 Å². The van der Waals surface area contributed by atoms with Crippen molar-refractivity contribution in [3.8, 4) is 0 Å². The number of likely N-dealkylation sites (N-methyl/N-ethyl adjacent to an activating group) is 2. The molecule has 14 heavy (non-hydrogen) atoms. The molecule has 2 atom stereocenters. The summed E-state index contributed by atoms with van der Waals surface area (Å²) in [5, 5.41) is 12.6. The second-order valence-electron chi connectivity index (χ2n) is 5.19. The van der Waals surface area contributed by atoms with Gasteiger partial charge in [-0.05, 0) is 26.4 Å². The van der Waals surface area contributed by atoms with E-state index in [4.69, 9.17) is 0 Å². The van der Waals surface area contributed by atoms with Gasteiger partial charge in [-0.1, -0.05) is 20.8 Å². The lowest BCUT2D eigenvalue weighted by Gasteiger charge is -2.36. The Kier molecular flexibility index (Phi) is 5.64. The molecule has 0 radical (unpaired) electrons. The van der Waals surface area contributed by atoms with E-state index < -0.39 is 0 Å². The van der Waals surface area contributed by atoms with Crippen molar-refractivity contribution in [2.45, 2.75) is 39.8 Å². The van der Waals surface area contributed by atoms with Crippen molar-refractivity contribution in [1.82, 2.24) is 10.2 Å². The van der Waals surface area contributed by atoms with Crippen LogP contribution in [0.4, 0.5) is 0 Å². The second-order valence-corrected chi connectivity index (χ2v) is 5.19. The van der Waals surface area contributed by atoms with Gasteiger partial charge < -0.3 is 15.3 Å². The van der Waals surface area contributed by atoms with E-state index in [9.17, 15) is 5.11 Å². The van der Waals surface area contributed by atoms with E-state index >= 15 is 0 Å². The Morgan fingerprint density at radius 3 is 2.21 bits per heavy atom. The molecule has 0 spiro atoms. The summed E-state index contributed by atoms with van der Waals surface area (Å²) < 4.78 is 0. The molecule has 0 aromatic heterocycles. The lowest BCUT2D eigenvalue weighted by molar-refractivity contribution is 0.0724. The van der Waals surface area contributed by atoms with E-state index in [2.05, 4.69) is 45.0 Å². The van der Waals surface area contributed by atoms with Gasteiger partial charge in [-0.15, -0.1) is 0 Å². The SMILES string of the molecule is CNCC(O)CN(C)C(C)C(C)(C)C. The van der Waals surface area contributed by atoms with E-state index in [1.807, 2.05) is 7.05 Å². The van der Waals surface area contributed by atoms with Crippen molar-refractivity contribution in [1.29, 1.82) is 0 Å². The van der Waals surface area contributed by atoms with Gasteiger partial charge in [0.25, 0.3) is 0 Å². The number of hydrogen-bond donors (Lipinski definition) is 2. The van der Waals surface area contributed by atoms with Gasteiger partial charge in [0, 0.05) is 19.1 Å². The molecule has 0 aliphatic heterocycles. The molecule has 2 N–H and O–H groups in total. The van der Waals surface area contributed by atoms with Crippen LogP contribution in [0.2, 0.25) is 0 Å².